The van der Waals surface area contributed by atoms with Crippen molar-refractivity contribution >= 4 is 0 Å². The van der Waals surface area contributed by atoms with Crippen LogP contribution in [0.4, 0.5) is 0 Å². The van der Waals surface area contributed by atoms with Gasteiger partial charge in [0.15, 0.2) is 6.29 Å². The van der Waals surface area contributed by atoms with Gasteiger partial charge in [-0.3, -0.25) is 4.98 Å². The number of methoxy groups -OCH3 is 1. The third-order valence-electron chi connectivity index (χ3n) is 2.16. The number of rotatable bonds is 7. The zero-order chi connectivity index (χ0) is 12.7. The summed E-state index contributed by atoms with van der Waals surface area (Å²) in [5, 5.41) is 0. The molecule has 0 spiro atoms. The van der Waals surface area contributed by atoms with E-state index in [4.69, 9.17) is 19.9 Å². The van der Waals surface area contributed by atoms with Crippen LogP contribution in [0.3, 0.4) is 0 Å². The van der Waals surface area contributed by atoms with Crippen molar-refractivity contribution in [1.82, 2.24) is 9.97 Å². The normalized spacial score (nSPS) is 12.8. The third kappa shape index (κ3) is 3.62. The van der Waals surface area contributed by atoms with E-state index < -0.39 is 12.3 Å². The van der Waals surface area contributed by atoms with Gasteiger partial charge < -0.3 is 19.9 Å². The topological polar surface area (TPSA) is 79.5 Å². The highest BCUT2D eigenvalue weighted by Crippen LogP contribution is 2.22. The van der Waals surface area contributed by atoms with Crippen LogP contribution in [-0.4, -0.2) is 36.6 Å². The molecule has 2 N–H and O–H groups in total. The molecule has 1 unspecified atom stereocenters. The monoisotopic (exact) mass is 241 g/mol. The summed E-state index contributed by atoms with van der Waals surface area (Å²) in [5.74, 6) is 0.393. The predicted octanol–water partition coefficient (Wildman–Crippen LogP) is 0.884. The third-order valence-corrected chi connectivity index (χ3v) is 2.16. The maximum absolute atomic E-state index is 6.06. The van der Waals surface area contributed by atoms with Crippen molar-refractivity contribution in [2.45, 2.75) is 26.2 Å². The molecule has 0 saturated heterocycles. The van der Waals surface area contributed by atoms with Gasteiger partial charge in [0.25, 0.3) is 0 Å². The molecular weight excluding hydrogens is 222 g/mol. The van der Waals surface area contributed by atoms with Crippen LogP contribution >= 0.6 is 0 Å². The summed E-state index contributed by atoms with van der Waals surface area (Å²) in [6.45, 7) is 4.79. The zero-order valence-corrected chi connectivity index (χ0v) is 10.4. The van der Waals surface area contributed by atoms with Crippen LogP contribution in [0.1, 0.15) is 25.6 Å². The molecule has 0 aliphatic carbocycles. The molecule has 0 aromatic carbocycles. The van der Waals surface area contributed by atoms with E-state index >= 15 is 0 Å². The van der Waals surface area contributed by atoms with E-state index in [1.165, 1.54) is 7.11 Å². The summed E-state index contributed by atoms with van der Waals surface area (Å²) in [5.41, 5.74) is 6.58. The van der Waals surface area contributed by atoms with Crippen LogP contribution in [0.25, 0.3) is 0 Å². The van der Waals surface area contributed by atoms with Gasteiger partial charge in [-0.15, -0.1) is 0 Å². The van der Waals surface area contributed by atoms with Crippen LogP contribution in [0.2, 0.25) is 0 Å². The van der Waals surface area contributed by atoms with E-state index in [2.05, 4.69) is 9.97 Å². The van der Waals surface area contributed by atoms with E-state index in [1.807, 2.05) is 13.8 Å². The highest BCUT2D eigenvalue weighted by molar-refractivity contribution is 5.21. The van der Waals surface area contributed by atoms with Crippen LogP contribution in [0.5, 0.6) is 5.88 Å². The zero-order valence-electron chi connectivity index (χ0n) is 10.4. The van der Waals surface area contributed by atoms with Crippen molar-refractivity contribution in [3.05, 3.63) is 18.1 Å². The van der Waals surface area contributed by atoms with Gasteiger partial charge >= 0.3 is 0 Å². The average Bonchev–Trinajstić information content (AvgIpc) is 2.37. The molecule has 1 aromatic rings. The summed E-state index contributed by atoms with van der Waals surface area (Å²) in [6, 6.07) is -0.529. The second kappa shape index (κ2) is 7.16. The fourth-order valence-electron chi connectivity index (χ4n) is 1.43. The molecule has 0 fully saturated rings. The van der Waals surface area contributed by atoms with E-state index in [-0.39, 0.29) is 0 Å². The molecule has 17 heavy (non-hydrogen) atoms. The maximum atomic E-state index is 6.06. The number of hydrogen-bond donors (Lipinski definition) is 1. The minimum atomic E-state index is -0.546. The Morgan fingerprint density at radius 1 is 1.18 bits per heavy atom. The van der Waals surface area contributed by atoms with Crippen LogP contribution in [-0.2, 0) is 9.47 Å². The minimum absolute atomic E-state index is 0.393. The minimum Gasteiger partial charge on any atom is -0.480 e. The Kier molecular flexibility index (Phi) is 5.82. The first-order valence-electron chi connectivity index (χ1n) is 5.58. The maximum Gasteiger partial charge on any atom is 0.237 e. The van der Waals surface area contributed by atoms with Crippen molar-refractivity contribution in [1.29, 1.82) is 0 Å². The van der Waals surface area contributed by atoms with Gasteiger partial charge in [-0.25, -0.2) is 4.98 Å². The largest absolute Gasteiger partial charge is 0.480 e. The predicted molar refractivity (Wildman–Crippen MR) is 62.6 cm³/mol. The van der Waals surface area contributed by atoms with E-state index in [0.717, 1.165) is 0 Å². The molecule has 1 atom stereocenters. The second-order valence-electron chi connectivity index (χ2n) is 3.26. The first kappa shape index (κ1) is 13.8. The molecule has 0 bridgehead atoms. The number of nitrogens with two attached hydrogens (primary N) is 1. The van der Waals surface area contributed by atoms with E-state index in [0.29, 0.717) is 24.8 Å². The lowest BCUT2D eigenvalue weighted by Crippen LogP contribution is -2.32. The molecule has 6 nitrogen and oxygen atoms in total. The Hall–Kier alpha value is -1.24. The van der Waals surface area contributed by atoms with Crippen LogP contribution in [0, 0.1) is 0 Å². The number of hydrogen-bond acceptors (Lipinski definition) is 6. The van der Waals surface area contributed by atoms with Gasteiger partial charge in [-0.1, -0.05) is 0 Å². The summed E-state index contributed by atoms with van der Waals surface area (Å²) < 4.78 is 16.0. The summed E-state index contributed by atoms with van der Waals surface area (Å²) in [6.07, 6.45) is 2.56. The molecule has 0 aliphatic rings. The molecule has 6 heteroatoms. The Morgan fingerprint density at radius 2 is 1.76 bits per heavy atom. The molecule has 0 amide bonds. The molecule has 0 saturated carbocycles. The Labute approximate surface area is 101 Å². The lowest BCUT2D eigenvalue weighted by molar-refractivity contribution is -0.150. The number of ether oxygens (including phenoxy) is 3. The van der Waals surface area contributed by atoms with E-state index in [9.17, 15) is 0 Å². The van der Waals surface area contributed by atoms with Crippen molar-refractivity contribution in [3.63, 3.8) is 0 Å². The van der Waals surface area contributed by atoms with Crippen molar-refractivity contribution in [2.24, 2.45) is 5.73 Å². The molecule has 1 aromatic heterocycles. The summed E-state index contributed by atoms with van der Waals surface area (Å²) >= 11 is 0. The first-order chi connectivity index (χ1) is 8.24. The van der Waals surface area contributed by atoms with Crippen LogP contribution < -0.4 is 10.5 Å². The number of nitrogens with zero attached hydrogens (tertiary/aromatic N) is 2. The molecule has 96 valence electrons. The van der Waals surface area contributed by atoms with Crippen molar-refractivity contribution in [3.8, 4) is 5.88 Å². The first-order valence-corrected chi connectivity index (χ1v) is 5.58. The summed E-state index contributed by atoms with van der Waals surface area (Å²) in [4.78, 5) is 8.21. The fraction of sp³-hybridized carbons (Fsp3) is 0.636. The van der Waals surface area contributed by atoms with Crippen molar-refractivity contribution < 1.29 is 14.2 Å². The van der Waals surface area contributed by atoms with Gasteiger partial charge in [0.1, 0.15) is 11.7 Å². The molecule has 1 heterocycles. The van der Waals surface area contributed by atoms with Crippen molar-refractivity contribution in [2.75, 3.05) is 20.3 Å². The van der Waals surface area contributed by atoms with Crippen LogP contribution in [0.15, 0.2) is 12.4 Å². The van der Waals surface area contributed by atoms with Gasteiger partial charge in [-0.05, 0) is 13.8 Å². The Morgan fingerprint density at radius 3 is 2.29 bits per heavy atom. The van der Waals surface area contributed by atoms with Gasteiger partial charge in [0.2, 0.25) is 5.88 Å². The van der Waals surface area contributed by atoms with E-state index in [1.54, 1.807) is 12.4 Å². The van der Waals surface area contributed by atoms with Gasteiger partial charge in [0, 0.05) is 25.6 Å². The van der Waals surface area contributed by atoms with Gasteiger partial charge in [-0.2, -0.15) is 0 Å². The average molecular weight is 241 g/mol. The molecule has 0 radical (unpaired) electrons. The second-order valence-corrected chi connectivity index (χ2v) is 3.26. The molecular formula is C11H19N3O3. The summed E-state index contributed by atoms with van der Waals surface area (Å²) in [7, 11) is 1.52. The smallest absolute Gasteiger partial charge is 0.237 e. The molecule has 0 aliphatic heterocycles. The standard InChI is InChI=1S/C11H19N3O3/c1-4-16-11(17-5-2)8(12)9-10(15-3)14-7-6-13-9/h6-8,11H,4-5,12H2,1-3H3. The Bertz CT molecular complexity index is 329. The highest BCUT2D eigenvalue weighted by Gasteiger charge is 2.25. The highest BCUT2D eigenvalue weighted by atomic mass is 16.7. The SMILES string of the molecule is CCOC(OCC)C(N)c1nccnc1OC. The van der Waals surface area contributed by atoms with Gasteiger partial charge in [0.05, 0.1) is 7.11 Å². The lowest BCUT2D eigenvalue weighted by atomic mass is 10.2. The molecule has 1 rings (SSSR count). The Balaban J connectivity index is 2.87. The quantitative estimate of drug-likeness (QED) is 0.714. The lowest BCUT2D eigenvalue weighted by Gasteiger charge is -2.23. The fourth-order valence-corrected chi connectivity index (χ4v) is 1.43. The number of aromatic nitrogens is 2.